The number of benzene rings is 2. The van der Waals surface area contributed by atoms with Crippen molar-refractivity contribution in [2.45, 2.75) is 40.0 Å². The molecule has 2 aromatic carbocycles. The van der Waals surface area contributed by atoms with Crippen LogP contribution in [-0.4, -0.2) is 16.3 Å². The van der Waals surface area contributed by atoms with Gasteiger partial charge in [0.15, 0.2) is 0 Å². The van der Waals surface area contributed by atoms with Crippen molar-refractivity contribution in [3.05, 3.63) is 82.7 Å². The summed E-state index contributed by atoms with van der Waals surface area (Å²) in [5.74, 6) is 0.815. The van der Waals surface area contributed by atoms with Crippen molar-refractivity contribution in [1.29, 1.82) is 5.26 Å². The Labute approximate surface area is 166 Å². The van der Waals surface area contributed by atoms with Gasteiger partial charge in [-0.15, -0.1) is 0 Å². The van der Waals surface area contributed by atoms with Crippen molar-refractivity contribution in [1.82, 2.24) is 15.1 Å². The molecule has 5 nitrogen and oxygen atoms in total. The standard InChI is InChI=1S/C23H26N4O/c1-18-13-19(2)27(26-18)12-6-11-25-16-20-7-5-10-23(14-20)28-17-22-9-4-3-8-21(22)15-24/h3-5,7-10,13-14,25H,6,11-12,16-17H2,1-2H3. The molecule has 0 aliphatic carbocycles. The van der Waals surface area contributed by atoms with Gasteiger partial charge in [0.1, 0.15) is 12.4 Å². The molecule has 3 aromatic rings. The van der Waals surface area contributed by atoms with Crippen LogP contribution in [0.25, 0.3) is 0 Å². The Morgan fingerprint density at radius 3 is 2.75 bits per heavy atom. The zero-order valence-corrected chi connectivity index (χ0v) is 16.5. The highest BCUT2D eigenvalue weighted by molar-refractivity contribution is 5.37. The average molecular weight is 374 g/mol. The quantitative estimate of drug-likeness (QED) is 0.572. The topological polar surface area (TPSA) is 62.9 Å². The van der Waals surface area contributed by atoms with E-state index in [1.165, 1.54) is 11.3 Å². The molecule has 0 fully saturated rings. The number of rotatable bonds is 9. The first-order valence-corrected chi connectivity index (χ1v) is 9.57. The number of aryl methyl sites for hydroxylation is 3. The number of ether oxygens (including phenoxy) is 1. The lowest BCUT2D eigenvalue weighted by molar-refractivity contribution is 0.305. The van der Waals surface area contributed by atoms with Gasteiger partial charge in [0.2, 0.25) is 0 Å². The van der Waals surface area contributed by atoms with Crippen LogP contribution in [0.5, 0.6) is 5.75 Å². The van der Waals surface area contributed by atoms with Gasteiger partial charge in [-0.05, 0) is 56.6 Å². The van der Waals surface area contributed by atoms with Crippen LogP contribution in [0.2, 0.25) is 0 Å². The molecular weight excluding hydrogens is 348 g/mol. The number of nitrogens with zero attached hydrogens (tertiary/aromatic N) is 3. The van der Waals surface area contributed by atoms with Crippen molar-refractivity contribution < 1.29 is 4.74 Å². The van der Waals surface area contributed by atoms with Crippen LogP contribution in [0.15, 0.2) is 54.6 Å². The molecule has 5 heteroatoms. The van der Waals surface area contributed by atoms with Crippen LogP contribution in [0.4, 0.5) is 0 Å². The van der Waals surface area contributed by atoms with Crippen molar-refractivity contribution >= 4 is 0 Å². The Kier molecular flexibility index (Phi) is 6.83. The van der Waals surface area contributed by atoms with Gasteiger partial charge in [-0.3, -0.25) is 4.68 Å². The van der Waals surface area contributed by atoms with Gasteiger partial charge in [0.05, 0.1) is 17.3 Å². The smallest absolute Gasteiger partial charge is 0.120 e. The van der Waals surface area contributed by atoms with Crippen molar-refractivity contribution in [2.75, 3.05) is 6.54 Å². The number of aromatic nitrogens is 2. The van der Waals surface area contributed by atoms with Gasteiger partial charge < -0.3 is 10.1 Å². The number of nitriles is 1. The predicted molar refractivity (Wildman–Crippen MR) is 110 cm³/mol. The second-order valence-corrected chi connectivity index (χ2v) is 6.89. The summed E-state index contributed by atoms with van der Waals surface area (Å²) in [6.45, 7) is 7.16. The number of nitrogens with one attached hydrogen (secondary N) is 1. The Morgan fingerprint density at radius 2 is 1.96 bits per heavy atom. The molecular formula is C23H26N4O. The van der Waals surface area contributed by atoms with Crippen molar-refractivity contribution in [3.63, 3.8) is 0 Å². The summed E-state index contributed by atoms with van der Waals surface area (Å²) in [6.07, 6.45) is 1.03. The molecule has 0 bridgehead atoms. The highest BCUT2D eigenvalue weighted by atomic mass is 16.5. The summed E-state index contributed by atoms with van der Waals surface area (Å²) >= 11 is 0. The maximum atomic E-state index is 9.17. The van der Waals surface area contributed by atoms with Crippen LogP contribution in [0.3, 0.4) is 0 Å². The predicted octanol–water partition coefficient (Wildman–Crippen LogP) is 4.13. The SMILES string of the molecule is Cc1cc(C)n(CCCNCc2cccc(OCc3ccccc3C#N)c2)n1. The molecule has 28 heavy (non-hydrogen) atoms. The van der Waals surface area contributed by atoms with Gasteiger partial charge in [-0.1, -0.05) is 30.3 Å². The van der Waals surface area contributed by atoms with Gasteiger partial charge in [0, 0.05) is 24.3 Å². The third-order valence-corrected chi connectivity index (χ3v) is 4.59. The summed E-state index contributed by atoms with van der Waals surface area (Å²) < 4.78 is 7.95. The van der Waals surface area contributed by atoms with Crippen LogP contribution in [0.1, 0.15) is 34.5 Å². The van der Waals surface area contributed by atoms with E-state index in [2.05, 4.69) is 40.2 Å². The number of hydrogen-bond acceptors (Lipinski definition) is 4. The lowest BCUT2D eigenvalue weighted by atomic mass is 10.1. The first-order chi connectivity index (χ1) is 13.7. The zero-order chi connectivity index (χ0) is 19.8. The second kappa shape index (κ2) is 9.72. The summed E-state index contributed by atoms with van der Waals surface area (Å²) in [5.41, 5.74) is 5.01. The molecule has 0 atom stereocenters. The fourth-order valence-corrected chi connectivity index (χ4v) is 3.15. The highest BCUT2D eigenvalue weighted by Crippen LogP contribution is 2.16. The van der Waals surface area contributed by atoms with Crippen LogP contribution < -0.4 is 10.1 Å². The largest absolute Gasteiger partial charge is 0.489 e. The minimum atomic E-state index is 0.392. The average Bonchev–Trinajstić information content (AvgIpc) is 3.03. The fourth-order valence-electron chi connectivity index (χ4n) is 3.15. The lowest BCUT2D eigenvalue weighted by Crippen LogP contribution is -2.17. The highest BCUT2D eigenvalue weighted by Gasteiger charge is 2.03. The Morgan fingerprint density at radius 1 is 1.11 bits per heavy atom. The minimum Gasteiger partial charge on any atom is -0.489 e. The van der Waals surface area contributed by atoms with E-state index in [1.807, 2.05) is 49.4 Å². The summed E-state index contributed by atoms with van der Waals surface area (Å²) in [5, 5.41) is 17.1. The molecule has 144 valence electrons. The lowest BCUT2D eigenvalue weighted by Gasteiger charge is -2.10. The maximum absolute atomic E-state index is 9.17. The fraction of sp³-hybridized carbons (Fsp3) is 0.304. The molecule has 1 N–H and O–H groups in total. The zero-order valence-electron chi connectivity index (χ0n) is 16.5. The minimum absolute atomic E-state index is 0.392. The van der Waals surface area contributed by atoms with E-state index in [0.717, 1.165) is 43.1 Å². The van der Waals surface area contributed by atoms with Gasteiger partial charge >= 0.3 is 0 Å². The van der Waals surface area contributed by atoms with E-state index in [0.29, 0.717) is 12.2 Å². The first-order valence-electron chi connectivity index (χ1n) is 9.57. The maximum Gasteiger partial charge on any atom is 0.120 e. The Bertz CT molecular complexity index is 955. The molecule has 1 aromatic heterocycles. The van der Waals surface area contributed by atoms with Gasteiger partial charge in [0.25, 0.3) is 0 Å². The van der Waals surface area contributed by atoms with Gasteiger partial charge in [-0.25, -0.2) is 0 Å². The normalized spacial score (nSPS) is 10.6. The number of hydrogen-bond donors (Lipinski definition) is 1. The third kappa shape index (κ3) is 5.45. The molecule has 1 heterocycles. The molecule has 0 unspecified atom stereocenters. The monoisotopic (exact) mass is 374 g/mol. The summed E-state index contributed by atoms with van der Waals surface area (Å²) in [4.78, 5) is 0. The summed E-state index contributed by atoms with van der Waals surface area (Å²) in [7, 11) is 0. The Hall–Kier alpha value is -3.10. The first kappa shape index (κ1) is 19.7. The van der Waals surface area contributed by atoms with E-state index < -0.39 is 0 Å². The van der Waals surface area contributed by atoms with E-state index >= 15 is 0 Å². The third-order valence-electron chi connectivity index (χ3n) is 4.59. The van der Waals surface area contributed by atoms with Crippen LogP contribution in [-0.2, 0) is 19.7 Å². The van der Waals surface area contributed by atoms with Gasteiger partial charge in [-0.2, -0.15) is 10.4 Å². The molecule has 0 radical (unpaired) electrons. The van der Waals surface area contributed by atoms with Crippen molar-refractivity contribution in [2.24, 2.45) is 0 Å². The van der Waals surface area contributed by atoms with E-state index in [-0.39, 0.29) is 0 Å². The van der Waals surface area contributed by atoms with Crippen LogP contribution >= 0.6 is 0 Å². The Balaban J connectivity index is 1.44. The molecule has 0 amide bonds. The molecule has 0 spiro atoms. The molecule has 0 aliphatic rings. The van der Waals surface area contributed by atoms with E-state index in [4.69, 9.17) is 4.74 Å². The molecule has 0 aliphatic heterocycles. The molecule has 3 rings (SSSR count). The van der Waals surface area contributed by atoms with Crippen LogP contribution in [0, 0.1) is 25.2 Å². The molecule has 0 saturated heterocycles. The van der Waals surface area contributed by atoms with Crippen molar-refractivity contribution in [3.8, 4) is 11.8 Å². The van der Waals surface area contributed by atoms with E-state index in [9.17, 15) is 5.26 Å². The van der Waals surface area contributed by atoms with E-state index in [1.54, 1.807) is 0 Å². The second-order valence-electron chi connectivity index (χ2n) is 6.89. The molecule has 0 saturated carbocycles. The summed E-state index contributed by atoms with van der Waals surface area (Å²) in [6, 6.07) is 19.9.